The summed E-state index contributed by atoms with van der Waals surface area (Å²) >= 11 is 0. The summed E-state index contributed by atoms with van der Waals surface area (Å²) in [4.78, 5) is 0. The first kappa shape index (κ1) is 18.3. The van der Waals surface area contributed by atoms with Gasteiger partial charge in [0.2, 0.25) is 0 Å². The third kappa shape index (κ3) is 51.4. The van der Waals surface area contributed by atoms with Crippen molar-refractivity contribution in [3.05, 3.63) is 24.3 Å². The molecule has 0 heterocycles. The minimum Gasteiger partial charge on any atom is -0.0877 e. The molecule has 0 nitrogen and oxygen atoms in total. The zero-order valence-corrected chi connectivity index (χ0v) is 10.4. The standard InChI is InChI=1S/C7H12.C4H10.C2H6/c1-3-5-7-6-4-2;1-3-4-2;1-2/h3,5-7H,4H2,1-2H3;3-4H2,1-2H3;1-2H3/b5-3-,7-6-;;. The van der Waals surface area contributed by atoms with Crippen LogP contribution in [-0.2, 0) is 0 Å². The van der Waals surface area contributed by atoms with E-state index in [0.717, 1.165) is 6.42 Å². The van der Waals surface area contributed by atoms with E-state index in [1.165, 1.54) is 12.8 Å². The molecule has 0 aliphatic carbocycles. The Morgan fingerprint density at radius 3 is 1.54 bits per heavy atom. The monoisotopic (exact) mass is 184 g/mol. The number of rotatable bonds is 3. The van der Waals surface area contributed by atoms with Crippen LogP contribution in [0, 0.1) is 0 Å². The van der Waals surface area contributed by atoms with Crippen molar-refractivity contribution < 1.29 is 0 Å². The van der Waals surface area contributed by atoms with Gasteiger partial charge >= 0.3 is 0 Å². The van der Waals surface area contributed by atoms with Gasteiger partial charge in [0.15, 0.2) is 0 Å². The molecule has 0 rings (SSSR count). The van der Waals surface area contributed by atoms with Crippen molar-refractivity contribution in [3.63, 3.8) is 0 Å². The molecule has 0 radical (unpaired) electrons. The molecule has 0 atom stereocenters. The van der Waals surface area contributed by atoms with Crippen LogP contribution in [0.4, 0.5) is 0 Å². The van der Waals surface area contributed by atoms with Gasteiger partial charge in [-0.15, -0.1) is 0 Å². The maximum absolute atomic E-state index is 2.18. The lowest BCUT2D eigenvalue weighted by atomic mass is 10.4. The Hall–Kier alpha value is -0.520. The second-order valence-electron chi connectivity index (χ2n) is 2.36. The highest BCUT2D eigenvalue weighted by atomic mass is 13.7. The minimum atomic E-state index is 1.13. The lowest BCUT2D eigenvalue weighted by molar-refractivity contribution is 0.886. The van der Waals surface area contributed by atoms with Crippen LogP contribution in [-0.4, -0.2) is 0 Å². The van der Waals surface area contributed by atoms with E-state index in [9.17, 15) is 0 Å². The highest BCUT2D eigenvalue weighted by Gasteiger charge is 1.57. The average Bonchev–Trinajstić information content (AvgIpc) is 2.22. The number of hydrogen-bond donors (Lipinski definition) is 0. The number of hydrogen-bond acceptors (Lipinski definition) is 0. The van der Waals surface area contributed by atoms with Crippen molar-refractivity contribution >= 4 is 0 Å². The molecule has 0 saturated carbocycles. The Kier molecular flexibility index (Phi) is 42.3. The quantitative estimate of drug-likeness (QED) is 0.518. The van der Waals surface area contributed by atoms with Crippen molar-refractivity contribution in [2.24, 2.45) is 0 Å². The van der Waals surface area contributed by atoms with Crippen LogP contribution in [0.3, 0.4) is 0 Å². The molecule has 13 heavy (non-hydrogen) atoms. The fourth-order valence-electron chi connectivity index (χ4n) is 0.326. The Balaban J connectivity index is -0.000000142. The highest BCUT2D eigenvalue weighted by molar-refractivity contribution is 5.00. The summed E-state index contributed by atoms with van der Waals surface area (Å²) in [5, 5.41) is 0. The van der Waals surface area contributed by atoms with Crippen molar-refractivity contribution in [1.29, 1.82) is 0 Å². The molecule has 0 heteroatoms. The van der Waals surface area contributed by atoms with Gasteiger partial charge < -0.3 is 0 Å². The lowest BCUT2D eigenvalue weighted by Crippen LogP contribution is -1.48. The van der Waals surface area contributed by atoms with E-state index in [1.807, 2.05) is 32.9 Å². The Labute approximate surface area is 85.8 Å². The van der Waals surface area contributed by atoms with Gasteiger partial charge in [-0.3, -0.25) is 0 Å². The van der Waals surface area contributed by atoms with E-state index in [2.05, 4.69) is 32.9 Å². The second-order valence-corrected chi connectivity index (χ2v) is 2.36. The van der Waals surface area contributed by atoms with Gasteiger partial charge in [-0.25, -0.2) is 0 Å². The zero-order chi connectivity index (χ0) is 10.9. The second kappa shape index (κ2) is 30.0. The molecule has 0 amide bonds. The predicted molar refractivity (Wildman–Crippen MR) is 66.2 cm³/mol. The molecule has 0 aromatic heterocycles. The maximum atomic E-state index is 2.18. The third-order valence-electron chi connectivity index (χ3n) is 1.18. The predicted octanol–water partition coefficient (Wildman–Crippen LogP) is 5.36. The summed E-state index contributed by atoms with van der Waals surface area (Å²) in [6.45, 7) is 12.5. The van der Waals surface area contributed by atoms with Gasteiger partial charge in [-0.2, -0.15) is 0 Å². The molecule has 0 aromatic rings. The summed E-state index contributed by atoms with van der Waals surface area (Å²) in [6.07, 6.45) is 12.0. The summed E-state index contributed by atoms with van der Waals surface area (Å²) in [5.74, 6) is 0. The van der Waals surface area contributed by atoms with E-state index < -0.39 is 0 Å². The van der Waals surface area contributed by atoms with Crippen LogP contribution < -0.4 is 0 Å². The molecule has 0 aliphatic rings. The SMILES string of the molecule is C/C=C\C=C/CC.CC.CCCC. The van der Waals surface area contributed by atoms with Gasteiger partial charge in [-0.1, -0.05) is 71.8 Å². The summed E-state index contributed by atoms with van der Waals surface area (Å²) in [7, 11) is 0. The molecular formula is C13H28. The Bertz CT molecular complexity index is 86.2. The molecule has 0 aliphatic heterocycles. The van der Waals surface area contributed by atoms with Crippen LogP contribution in [0.5, 0.6) is 0 Å². The fourth-order valence-corrected chi connectivity index (χ4v) is 0.326. The van der Waals surface area contributed by atoms with Gasteiger partial charge in [-0.05, 0) is 13.3 Å². The third-order valence-corrected chi connectivity index (χ3v) is 1.18. The summed E-state index contributed by atoms with van der Waals surface area (Å²) in [5.41, 5.74) is 0. The first-order valence-corrected chi connectivity index (χ1v) is 5.61. The molecule has 0 unspecified atom stereocenters. The Morgan fingerprint density at radius 1 is 0.846 bits per heavy atom. The van der Waals surface area contributed by atoms with E-state index >= 15 is 0 Å². The average molecular weight is 184 g/mol. The first-order chi connectivity index (χ1) is 6.33. The van der Waals surface area contributed by atoms with E-state index in [0.29, 0.717) is 0 Å². The zero-order valence-electron chi connectivity index (χ0n) is 10.4. The van der Waals surface area contributed by atoms with Gasteiger partial charge in [0, 0.05) is 0 Å². The van der Waals surface area contributed by atoms with Crippen molar-refractivity contribution in [3.8, 4) is 0 Å². The van der Waals surface area contributed by atoms with E-state index in [1.54, 1.807) is 0 Å². The molecule has 80 valence electrons. The molecule has 0 aromatic carbocycles. The van der Waals surface area contributed by atoms with Gasteiger partial charge in [0.25, 0.3) is 0 Å². The maximum Gasteiger partial charge on any atom is -0.0376 e. The largest absolute Gasteiger partial charge is 0.0877 e. The first-order valence-electron chi connectivity index (χ1n) is 5.61. The number of unbranched alkanes of at least 4 members (excludes halogenated alkanes) is 1. The fraction of sp³-hybridized carbons (Fsp3) is 0.692. The summed E-state index contributed by atoms with van der Waals surface area (Å²) < 4.78 is 0. The van der Waals surface area contributed by atoms with Crippen LogP contribution in [0.15, 0.2) is 24.3 Å². The molecular weight excluding hydrogens is 156 g/mol. The van der Waals surface area contributed by atoms with Crippen LogP contribution in [0.1, 0.15) is 60.8 Å². The lowest BCUT2D eigenvalue weighted by Gasteiger charge is -1.70. The molecule has 0 bridgehead atoms. The van der Waals surface area contributed by atoms with Crippen LogP contribution >= 0.6 is 0 Å². The summed E-state index contributed by atoms with van der Waals surface area (Å²) in [6, 6.07) is 0. The van der Waals surface area contributed by atoms with Crippen molar-refractivity contribution in [2.75, 3.05) is 0 Å². The van der Waals surface area contributed by atoms with Crippen molar-refractivity contribution in [2.45, 2.75) is 60.8 Å². The van der Waals surface area contributed by atoms with Crippen LogP contribution in [0.25, 0.3) is 0 Å². The topological polar surface area (TPSA) is 0 Å². The highest BCUT2D eigenvalue weighted by Crippen LogP contribution is 1.79. The molecule has 0 spiro atoms. The Morgan fingerprint density at radius 2 is 1.31 bits per heavy atom. The van der Waals surface area contributed by atoms with Crippen molar-refractivity contribution in [1.82, 2.24) is 0 Å². The number of allylic oxidation sites excluding steroid dienone is 4. The van der Waals surface area contributed by atoms with Gasteiger partial charge in [0.05, 0.1) is 0 Å². The van der Waals surface area contributed by atoms with E-state index in [4.69, 9.17) is 0 Å². The smallest absolute Gasteiger partial charge is 0.0376 e. The molecule has 0 saturated heterocycles. The van der Waals surface area contributed by atoms with Gasteiger partial charge in [0.1, 0.15) is 0 Å². The van der Waals surface area contributed by atoms with E-state index in [-0.39, 0.29) is 0 Å². The normalized spacial score (nSPS) is 9.08. The molecule has 0 fully saturated rings. The minimum absolute atomic E-state index is 1.13. The van der Waals surface area contributed by atoms with Crippen LogP contribution in [0.2, 0.25) is 0 Å². The molecule has 0 N–H and O–H groups in total.